The fourth-order valence-electron chi connectivity index (χ4n) is 6.08. The van der Waals surface area contributed by atoms with Crippen LogP contribution in [0.1, 0.15) is 48.2 Å². The Balaban J connectivity index is 0.00000620. The monoisotopic (exact) mass is 902 g/mol. The van der Waals surface area contributed by atoms with Crippen molar-refractivity contribution in [1.29, 1.82) is 0 Å². The molecule has 0 atom stereocenters. The molecule has 4 aromatic rings. The average Bonchev–Trinajstić information content (AvgIpc) is 3.25. The Labute approximate surface area is 374 Å². The molecule has 60 heavy (non-hydrogen) atoms. The molecule has 0 spiro atoms. The van der Waals surface area contributed by atoms with Gasteiger partial charge in [0.15, 0.2) is 35.4 Å². The molecule has 0 aliphatic rings. The van der Waals surface area contributed by atoms with Gasteiger partial charge in [0.25, 0.3) is 0 Å². The van der Waals surface area contributed by atoms with Crippen LogP contribution in [0.4, 0.5) is 0 Å². The number of carbonyl (C=O) groups excluding carboxylic acids is 2. The highest BCUT2D eigenvalue weighted by Crippen LogP contribution is 2.41. The Morgan fingerprint density at radius 1 is 0.567 bits per heavy atom. The van der Waals surface area contributed by atoms with Gasteiger partial charge in [0.05, 0.1) is 42.7 Å². The lowest BCUT2D eigenvalue weighted by Gasteiger charge is -2.13. The van der Waals surface area contributed by atoms with E-state index in [9.17, 15) is 9.59 Å². The maximum Gasteiger partial charge on any atom is 0.220 e. The fraction of sp³-hybridized carbons (Fsp3) is 0.364. The Morgan fingerprint density at radius 2 is 1.05 bits per heavy atom. The van der Waals surface area contributed by atoms with Gasteiger partial charge < -0.3 is 63.9 Å². The largest absolute Gasteiger partial charge is 1.00 e. The molecule has 0 bridgehead atoms. The number of hydrogen-bond acceptors (Lipinski definition) is 10. The van der Waals surface area contributed by atoms with Crippen molar-refractivity contribution in [3.63, 3.8) is 0 Å². The first-order valence-corrected chi connectivity index (χ1v) is 21.5. The van der Waals surface area contributed by atoms with Gasteiger partial charge in [-0.25, -0.2) is 0 Å². The highest BCUT2D eigenvalue weighted by molar-refractivity contribution is 8.76. The van der Waals surface area contributed by atoms with E-state index in [4.69, 9.17) is 28.4 Å². The van der Waals surface area contributed by atoms with Crippen LogP contribution >= 0.6 is 21.6 Å². The predicted octanol–water partition coefficient (Wildman–Crippen LogP) is 0.536. The van der Waals surface area contributed by atoms with Gasteiger partial charge in [0.2, 0.25) is 34.7 Å². The Hall–Kier alpha value is -4.76. The van der Waals surface area contributed by atoms with Crippen molar-refractivity contribution in [3.8, 4) is 34.5 Å². The molecule has 0 aliphatic carbocycles. The highest BCUT2D eigenvalue weighted by atomic mass is 35.5. The number of amides is 2. The molecule has 0 aliphatic heterocycles. The van der Waals surface area contributed by atoms with Crippen molar-refractivity contribution >= 4 is 57.7 Å². The van der Waals surface area contributed by atoms with Gasteiger partial charge in [-0.2, -0.15) is 9.13 Å². The molecule has 2 N–H and O–H groups in total. The van der Waals surface area contributed by atoms with Gasteiger partial charge in [0.1, 0.15) is 13.1 Å². The molecule has 2 aromatic heterocycles. The van der Waals surface area contributed by atoms with E-state index >= 15 is 0 Å². The van der Waals surface area contributed by atoms with Gasteiger partial charge in [-0.15, -0.1) is 0 Å². The normalized spacial score (nSPS) is 10.7. The summed E-state index contributed by atoms with van der Waals surface area (Å²) < 4.78 is 37.2. The molecule has 326 valence electrons. The van der Waals surface area contributed by atoms with Crippen LogP contribution in [0.3, 0.4) is 0 Å². The van der Waals surface area contributed by atoms with Crippen LogP contribution in [0.2, 0.25) is 0 Å². The number of hydrogen-bond donors (Lipinski definition) is 2. The van der Waals surface area contributed by atoms with E-state index in [0.29, 0.717) is 86.4 Å². The average molecular weight is 904 g/mol. The lowest BCUT2D eigenvalue weighted by molar-refractivity contribution is -0.699. The molecule has 0 saturated carbocycles. The summed E-state index contributed by atoms with van der Waals surface area (Å²) in [4.78, 5) is 25.0. The van der Waals surface area contributed by atoms with E-state index < -0.39 is 0 Å². The summed E-state index contributed by atoms with van der Waals surface area (Å²) in [7, 11) is 12.9. The van der Waals surface area contributed by atoms with Crippen molar-refractivity contribution in [2.45, 2.75) is 38.8 Å². The van der Waals surface area contributed by atoms with Gasteiger partial charge in [-0.1, -0.05) is 21.6 Å². The number of aryl methyl sites for hydroxylation is 2. The lowest BCUT2D eigenvalue weighted by Crippen LogP contribution is -3.00. The summed E-state index contributed by atoms with van der Waals surface area (Å²) in [6, 6.07) is 19.6. The third-order valence-electron chi connectivity index (χ3n) is 8.96. The second-order valence-electron chi connectivity index (χ2n) is 12.7. The van der Waals surface area contributed by atoms with Crippen molar-refractivity contribution in [1.82, 2.24) is 10.6 Å². The quantitative estimate of drug-likeness (QED) is 0.0555. The molecular formula is C44H56Cl2N4O8S2. The molecule has 2 heterocycles. The molecule has 0 saturated heterocycles. The molecule has 2 amide bonds. The lowest BCUT2D eigenvalue weighted by atomic mass is 10.1. The number of ether oxygens (including phenoxy) is 6. The number of aromatic nitrogens is 2. The topological polar surface area (TPSA) is 121 Å². The third kappa shape index (κ3) is 16.0. The first-order valence-electron chi connectivity index (χ1n) is 19.1. The summed E-state index contributed by atoms with van der Waals surface area (Å²) in [6.07, 6.45) is 14.4. The van der Waals surface area contributed by atoms with Gasteiger partial charge >= 0.3 is 0 Å². The molecule has 16 heteroatoms. The molecule has 2 aromatic carbocycles. The van der Waals surface area contributed by atoms with E-state index in [1.165, 1.54) is 0 Å². The van der Waals surface area contributed by atoms with Gasteiger partial charge in [-0.3, -0.25) is 9.59 Å². The van der Waals surface area contributed by atoms with Crippen molar-refractivity contribution in [2.24, 2.45) is 0 Å². The van der Waals surface area contributed by atoms with Crippen LogP contribution in [0.5, 0.6) is 34.5 Å². The molecule has 0 unspecified atom stereocenters. The van der Waals surface area contributed by atoms with Crippen LogP contribution < -0.4 is 73.0 Å². The van der Waals surface area contributed by atoms with E-state index in [-0.39, 0.29) is 36.6 Å². The van der Waals surface area contributed by atoms with E-state index in [2.05, 4.69) is 19.8 Å². The van der Waals surface area contributed by atoms with E-state index in [1.54, 1.807) is 64.2 Å². The maximum absolute atomic E-state index is 12.5. The fourth-order valence-corrected chi connectivity index (χ4v) is 7.89. The summed E-state index contributed by atoms with van der Waals surface area (Å²) in [6.45, 7) is 2.61. The summed E-state index contributed by atoms with van der Waals surface area (Å²) in [5, 5.41) is 6.04. The third-order valence-corrected chi connectivity index (χ3v) is 11.4. The maximum atomic E-state index is 12.5. The first-order chi connectivity index (χ1) is 28.3. The van der Waals surface area contributed by atoms with Crippen molar-refractivity contribution in [3.05, 3.63) is 95.6 Å². The number of pyridine rings is 2. The number of benzene rings is 2. The number of nitrogens with zero attached hydrogens (tertiary/aromatic N) is 2. The summed E-state index contributed by atoms with van der Waals surface area (Å²) in [5.74, 6) is 5.14. The Bertz CT molecular complexity index is 1980. The minimum atomic E-state index is 0. The smallest absolute Gasteiger partial charge is 0.220 e. The summed E-state index contributed by atoms with van der Waals surface area (Å²) in [5.41, 5.74) is 3.79. The van der Waals surface area contributed by atoms with Crippen molar-refractivity contribution in [2.75, 3.05) is 67.3 Å². The van der Waals surface area contributed by atoms with Gasteiger partial charge in [-0.05, 0) is 54.1 Å². The van der Waals surface area contributed by atoms with Crippen LogP contribution in [-0.2, 0) is 22.7 Å². The summed E-state index contributed by atoms with van der Waals surface area (Å²) >= 11 is 0. The van der Waals surface area contributed by atoms with Crippen LogP contribution in [0.25, 0.3) is 24.3 Å². The Morgan fingerprint density at radius 3 is 1.52 bits per heavy atom. The molecule has 0 radical (unpaired) electrons. The zero-order chi connectivity index (χ0) is 41.5. The van der Waals surface area contributed by atoms with E-state index in [0.717, 1.165) is 34.0 Å². The van der Waals surface area contributed by atoms with E-state index in [1.807, 2.05) is 97.4 Å². The zero-order valence-corrected chi connectivity index (χ0v) is 38.2. The van der Waals surface area contributed by atoms with Crippen molar-refractivity contribution < 1.29 is 72.0 Å². The second-order valence-corrected chi connectivity index (χ2v) is 15.4. The molecular weight excluding hydrogens is 848 g/mol. The van der Waals surface area contributed by atoms with Gasteiger partial charge in [0, 0.05) is 92.3 Å². The molecule has 12 nitrogen and oxygen atoms in total. The number of halogens is 2. The first kappa shape index (κ1) is 51.4. The number of carbonyl (C=O) groups is 2. The molecule has 4 rings (SSSR count). The standard InChI is InChI=1S/C44H54N4O8S2.2ClH/c1-51-37-22-19-34(42(54-4)44(37)56-6)18-21-36-14-8-10-26-48(36)28-12-16-41(50)46-24-30-58-57-29-23-45-40(49)15-11-27-47-25-9-7-13-35(47)20-17-33-31-38(52-2)43(55-5)39(32-33)53-3;;/h7-10,13-14,17-22,25-26,31-32H,11-12,15-16,23-24,27-30H2,1-6H3;2*1H. The minimum absolute atomic E-state index is 0. The second kappa shape index (κ2) is 28.7. The van der Waals surface area contributed by atoms with Crippen LogP contribution in [-0.4, -0.2) is 79.1 Å². The minimum Gasteiger partial charge on any atom is -1.00 e. The molecule has 0 fully saturated rings. The number of rotatable bonds is 25. The van der Waals surface area contributed by atoms with Crippen LogP contribution in [0, 0.1) is 0 Å². The Kier molecular flexibility index (Phi) is 24.5. The zero-order valence-electron chi connectivity index (χ0n) is 35.0. The van der Waals surface area contributed by atoms with Crippen LogP contribution in [0.15, 0.2) is 73.1 Å². The SMILES string of the molecule is COc1cc(C=Cc2cccc[n+]2CCCC(=O)NCCSSCCNC(=O)CCC[n+]2ccccc2C=Cc2ccc(OC)c(OC)c2OC)cc(OC)c1OC.[Cl-].[Cl-]. The highest BCUT2D eigenvalue weighted by Gasteiger charge is 2.16. The number of nitrogens with one attached hydrogen (secondary N) is 2. The predicted molar refractivity (Wildman–Crippen MR) is 233 cm³/mol. The number of methoxy groups -OCH3 is 6.